The molecule has 0 saturated heterocycles. The highest BCUT2D eigenvalue weighted by atomic mass is 35.5. The third kappa shape index (κ3) is 3.92. The molecule has 1 aromatic carbocycles. The normalized spacial score (nSPS) is 10.8. The van der Waals surface area contributed by atoms with E-state index in [-0.39, 0.29) is 22.5 Å². The average Bonchev–Trinajstić information content (AvgIpc) is 2.65. The van der Waals surface area contributed by atoms with E-state index in [2.05, 4.69) is 15.3 Å². The van der Waals surface area contributed by atoms with Crippen LogP contribution < -0.4 is 21.5 Å². The van der Waals surface area contributed by atoms with Gasteiger partial charge in [0.05, 0.1) is 10.7 Å². The van der Waals surface area contributed by atoms with Gasteiger partial charge in [-0.15, -0.1) is 10.2 Å². The number of halogens is 2. The van der Waals surface area contributed by atoms with Gasteiger partial charge in [0.1, 0.15) is 6.07 Å². The summed E-state index contributed by atoms with van der Waals surface area (Å²) in [5.41, 5.74) is -2.69. The first-order valence-corrected chi connectivity index (χ1v) is 8.49. The summed E-state index contributed by atoms with van der Waals surface area (Å²) in [6.07, 6.45) is 0. The summed E-state index contributed by atoms with van der Waals surface area (Å²) < 4.78 is 20.6. The fourth-order valence-electron chi connectivity index (χ4n) is 2.40. The zero-order valence-corrected chi connectivity index (χ0v) is 15.7. The van der Waals surface area contributed by atoms with Gasteiger partial charge >= 0.3 is 5.69 Å². The highest BCUT2D eigenvalue weighted by molar-refractivity contribution is 6.32. The fourth-order valence-corrected chi connectivity index (χ4v) is 2.64. The lowest BCUT2D eigenvalue weighted by atomic mass is 10.1. The summed E-state index contributed by atoms with van der Waals surface area (Å²) in [4.78, 5) is 37.0. The van der Waals surface area contributed by atoms with Crippen molar-refractivity contribution in [2.75, 3.05) is 0 Å². The maximum atomic E-state index is 14.6. The van der Waals surface area contributed by atoms with Crippen molar-refractivity contribution in [3.8, 4) is 23.4 Å². The van der Waals surface area contributed by atoms with E-state index in [0.29, 0.717) is 10.2 Å². The third-order valence-corrected chi connectivity index (χ3v) is 4.08. The van der Waals surface area contributed by atoms with Crippen molar-refractivity contribution in [3.63, 3.8) is 0 Å². The van der Waals surface area contributed by atoms with Gasteiger partial charge in [-0.2, -0.15) is 9.94 Å². The minimum Gasteiger partial charge on any atom is -0.433 e. The minimum atomic E-state index is -0.984. The molecule has 3 rings (SSSR count). The van der Waals surface area contributed by atoms with Crippen molar-refractivity contribution in [2.45, 2.75) is 19.8 Å². The van der Waals surface area contributed by atoms with Crippen molar-refractivity contribution < 1.29 is 9.13 Å². The smallest absolute Gasteiger partial charge is 0.349 e. The largest absolute Gasteiger partial charge is 0.433 e. The van der Waals surface area contributed by atoms with Crippen LogP contribution >= 0.6 is 11.6 Å². The van der Waals surface area contributed by atoms with E-state index in [1.807, 2.05) is 4.98 Å². The highest BCUT2D eigenvalue weighted by Gasteiger charge is 2.17. The van der Waals surface area contributed by atoms with Crippen LogP contribution in [0.2, 0.25) is 5.02 Å². The van der Waals surface area contributed by atoms with Gasteiger partial charge in [0.15, 0.2) is 11.6 Å². The molecule has 0 aliphatic rings. The molecule has 0 aliphatic carbocycles. The van der Waals surface area contributed by atoms with Gasteiger partial charge in [0, 0.05) is 17.7 Å². The Bertz CT molecular complexity index is 1300. The SMILES string of the molecule is CC(C)c1cc(Oc2c(F)cc(-n3nc(C#N)c(=O)[nH]c3=O)cc2Cl)n[nH]c1=O. The molecule has 2 heterocycles. The van der Waals surface area contributed by atoms with Crippen molar-refractivity contribution in [2.24, 2.45) is 0 Å². The maximum absolute atomic E-state index is 14.6. The van der Waals surface area contributed by atoms with Crippen LogP contribution in [-0.2, 0) is 0 Å². The molecule has 148 valence electrons. The molecular weight excluding hydrogens is 407 g/mol. The first-order valence-electron chi connectivity index (χ1n) is 8.12. The van der Waals surface area contributed by atoms with Crippen LogP contribution in [-0.4, -0.2) is 25.0 Å². The topological polar surface area (TPSA) is 147 Å². The number of aromatic nitrogens is 5. The predicted octanol–water partition coefficient (Wildman–Crippen LogP) is 1.58. The Kier molecular flexibility index (Phi) is 5.29. The van der Waals surface area contributed by atoms with Gasteiger partial charge in [-0.1, -0.05) is 25.4 Å². The van der Waals surface area contributed by atoms with Gasteiger partial charge in [0.25, 0.3) is 11.1 Å². The standard InChI is InChI=1S/C17H12ClFN6O4/c1-7(2)9-5-13(22-23-15(9)26)29-14-10(18)3-8(4-11(14)19)25-17(28)21-16(27)12(6-20)24-25/h3-5,7H,1-2H3,(H,23,26)(H,21,27,28). The number of H-pyrrole nitrogens is 2. The number of ether oxygens (including phenoxy) is 1. The lowest BCUT2D eigenvalue weighted by Crippen LogP contribution is -2.33. The summed E-state index contributed by atoms with van der Waals surface area (Å²) >= 11 is 6.08. The van der Waals surface area contributed by atoms with Crippen molar-refractivity contribution in [1.82, 2.24) is 25.0 Å². The van der Waals surface area contributed by atoms with Crippen LogP contribution in [0.1, 0.15) is 31.0 Å². The van der Waals surface area contributed by atoms with Gasteiger partial charge in [0.2, 0.25) is 11.6 Å². The molecule has 0 fully saturated rings. The number of benzene rings is 1. The summed E-state index contributed by atoms with van der Waals surface area (Å²) in [5, 5.41) is 18.2. The highest BCUT2D eigenvalue weighted by Crippen LogP contribution is 2.33. The summed E-state index contributed by atoms with van der Waals surface area (Å²) in [7, 11) is 0. The van der Waals surface area contributed by atoms with Gasteiger partial charge < -0.3 is 4.74 Å². The first kappa shape index (κ1) is 20.0. The molecule has 12 heteroatoms. The Morgan fingerprint density at radius 1 is 1.24 bits per heavy atom. The molecule has 10 nitrogen and oxygen atoms in total. The first-order chi connectivity index (χ1) is 13.7. The number of hydrogen-bond donors (Lipinski definition) is 2. The third-order valence-electron chi connectivity index (χ3n) is 3.80. The molecule has 2 N–H and O–H groups in total. The van der Waals surface area contributed by atoms with E-state index in [1.165, 1.54) is 12.1 Å². The quantitative estimate of drug-likeness (QED) is 0.653. The maximum Gasteiger partial charge on any atom is 0.349 e. The fraction of sp³-hybridized carbons (Fsp3) is 0.176. The molecule has 0 aliphatic heterocycles. The van der Waals surface area contributed by atoms with Gasteiger partial charge in [-0.3, -0.25) is 14.6 Å². The summed E-state index contributed by atoms with van der Waals surface area (Å²) in [6, 6.07) is 4.92. The number of nitriles is 1. The van der Waals surface area contributed by atoms with Crippen LogP contribution in [0.4, 0.5) is 4.39 Å². The lowest BCUT2D eigenvalue weighted by molar-refractivity contribution is 0.419. The van der Waals surface area contributed by atoms with E-state index >= 15 is 0 Å². The van der Waals surface area contributed by atoms with E-state index in [4.69, 9.17) is 21.6 Å². The minimum absolute atomic E-state index is 0.0899. The van der Waals surface area contributed by atoms with Gasteiger partial charge in [-0.25, -0.2) is 14.3 Å². The van der Waals surface area contributed by atoms with Crippen LogP contribution in [0.3, 0.4) is 0 Å². The Labute approximate surface area is 166 Å². The zero-order chi connectivity index (χ0) is 21.3. The molecule has 0 atom stereocenters. The van der Waals surface area contributed by atoms with Crippen molar-refractivity contribution in [3.05, 3.63) is 71.5 Å². The predicted molar refractivity (Wildman–Crippen MR) is 99.2 cm³/mol. The Morgan fingerprint density at radius 2 is 1.97 bits per heavy atom. The van der Waals surface area contributed by atoms with E-state index in [9.17, 15) is 18.8 Å². The second-order valence-electron chi connectivity index (χ2n) is 6.12. The second kappa shape index (κ2) is 7.69. The second-order valence-corrected chi connectivity index (χ2v) is 6.52. The molecule has 0 spiro atoms. The van der Waals surface area contributed by atoms with Crippen LogP contribution in [0.25, 0.3) is 5.69 Å². The lowest BCUT2D eigenvalue weighted by Gasteiger charge is -2.11. The summed E-state index contributed by atoms with van der Waals surface area (Å²) in [5.74, 6) is -1.58. The number of rotatable bonds is 4. The molecule has 29 heavy (non-hydrogen) atoms. The van der Waals surface area contributed by atoms with Crippen molar-refractivity contribution in [1.29, 1.82) is 5.26 Å². The Hall–Kier alpha value is -3.78. The van der Waals surface area contributed by atoms with E-state index < -0.39 is 34.1 Å². The molecule has 0 amide bonds. The molecule has 2 aromatic heterocycles. The molecule has 0 unspecified atom stereocenters. The van der Waals surface area contributed by atoms with Crippen LogP contribution in [0, 0.1) is 17.1 Å². The average molecular weight is 419 g/mol. The molecule has 0 bridgehead atoms. The van der Waals surface area contributed by atoms with Crippen LogP contribution in [0.15, 0.2) is 32.6 Å². The Balaban J connectivity index is 2.05. The van der Waals surface area contributed by atoms with E-state index in [0.717, 1.165) is 12.1 Å². The van der Waals surface area contributed by atoms with Crippen LogP contribution in [0.5, 0.6) is 11.6 Å². The monoisotopic (exact) mass is 418 g/mol. The summed E-state index contributed by atoms with van der Waals surface area (Å²) in [6.45, 7) is 3.59. The number of aromatic amines is 2. The number of hydrogen-bond acceptors (Lipinski definition) is 7. The number of nitrogens with zero attached hydrogens (tertiary/aromatic N) is 4. The molecule has 0 radical (unpaired) electrons. The molecule has 3 aromatic rings. The molecule has 0 saturated carbocycles. The zero-order valence-electron chi connectivity index (χ0n) is 15.0. The number of nitrogens with one attached hydrogen (secondary N) is 2. The Morgan fingerprint density at radius 3 is 2.59 bits per heavy atom. The van der Waals surface area contributed by atoms with E-state index in [1.54, 1.807) is 13.8 Å². The van der Waals surface area contributed by atoms with Gasteiger partial charge in [-0.05, 0) is 12.0 Å². The molecular formula is C17H12ClFN6O4. The van der Waals surface area contributed by atoms with Crippen molar-refractivity contribution >= 4 is 11.6 Å².